The Balaban J connectivity index is 1.61. The molecule has 0 radical (unpaired) electrons. The number of carbonyl (C=O) groups is 2. The van der Waals surface area contributed by atoms with Gasteiger partial charge in [0.25, 0.3) is 0 Å². The Hall–Kier alpha value is -2.08. The summed E-state index contributed by atoms with van der Waals surface area (Å²) < 4.78 is 5.23. The average molecular weight is 345 g/mol. The smallest absolute Gasteiger partial charge is 0.226 e. The highest BCUT2D eigenvalue weighted by molar-refractivity contribution is 5.83. The zero-order chi connectivity index (χ0) is 17.8. The monoisotopic (exact) mass is 345 g/mol. The van der Waals surface area contributed by atoms with Gasteiger partial charge in [0.1, 0.15) is 5.75 Å². The first-order valence-corrected chi connectivity index (χ1v) is 9.02. The number of nitrogens with zero attached hydrogens (tertiary/aromatic N) is 2. The fourth-order valence-electron chi connectivity index (χ4n) is 3.70. The molecule has 2 bridgehead atoms. The Labute approximate surface area is 149 Å². The lowest BCUT2D eigenvalue weighted by Gasteiger charge is -2.32. The van der Waals surface area contributed by atoms with Gasteiger partial charge in [-0.2, -0.15) is 0 Å². The van der Waals surface area contributed by atoms with Crippen LogP contribution in [0.1, 0.15) is 18.9 Å². The van der Waals surface area contributed by atoms with Crippen molar-refractivity contribution >= 4 is 11.8 Å². The van der Waals surface area contributed by atoms with Gasteiger partial charge in [0.2, 0.25) is 11.8 Å². The standard InChI is InChI=1S/C19H27N3O3/c1-3-21-10-15-11-22(13-16(12-21)20-19(15)24)18(23)8-7-14-5-4-6-17(9-14)25-2/h4-6,9,15-16H,3,7-8,10-13H2,1-2H3,(H,20,24)/t15-,16+/m1/s1. The van der Waals surface area contributed by atoms with Crippen LogP contribution in [0, 0.1) is 5.92 Å². The number of amides is 2. The molecule has 3 rings (SSSR count). The molecule has 2 aliphatic heterocycles. The van der Waals surface area contributed by atoms with Crippen LogP contribution in [0.3, 0.4) is 0 Å². The summed E-state index contributed by atoms with van der Waals surface area (Å²) in [7, 11) is 1.64. The van der Waals surface area contributed by atoms with Crippen LogP contribution in [0.5, 0.6) is 5.75 Å². The molecule has 2 atom stereocenters. The summed E-state index contributed by atoms with van der Waals surface area (Å²) in [4.78, 5) is 29.2. The number of methoxy groups -OCH3 is 1. The van der Waals surface area contributed by atoms with Crippen molar-refractivity contribution in [3.05, 3.63) is 29.8 Å². The summed E-state index contributed by atoms with van der Waals surface area (Å²) in [5.74, 6) is 0.889. The van der Waals surface area contributed by atoms with E-state index in [1.165, 1.54) is 0 Å². The molecule has 6 heteroatoms. The molecule has 1 aromatic carbocycles. The number of fused-ring (bicyclic) bond motifs is 3. The fraction of sp³-hybridized carbons (Fsp3) is 0.579. The molecule has 2 aliphatic rings. The summed E-state index contributed by atoms with van der Waals surface area (Å²) >= 11 is 0. The Bertz CT molecular complexity index is 634. The van der Waals surface area contributed by atoms with E-state index in [1.807, 2.05) is 29.2 Å². The van der Waals surface area contributed by atoms with Crippen molar-refractivity contribution in [2.45, 2.75) is 25.8 Å². The number of hydrogen-bond acceptors (Lipinski definition) is 4. The molecule has 0 aromatic heterocycles. The highest BCUT2D eigenvalue weighted by Crippen LogP contribution is 2.18. The van der Waals surface area contributed by atoms with Gasteiger partial charge in [0, 0.05) is 32.6 Å². The Morgan fingerprint density at radius 2 is 2.12 bits per heavy atom. The van der Waals surface area contributed by atoms with Gasteiger partial charge in [-0.1, -0.05) is 19.1 Å². The molecule has 2 fully saturated rings. The first kappa shape index (κ1) is 17.7. The molecule has 0 unspecified atom stereocenters. The van der Waals surface area contributed by atoms with E-state index in [-0.39, 0.29) is 23.8 Å². The van der Waals surface area contributed by atoms with E-state index in [0.717, 1.165) is 30.9 Å². The Morgan fingerprint density at radius 1 is 1.28 bits per heavy atom. The van der Waals surface area contributed by atoms with E-state index in [0.29, 0.717) is 25.9 Å². The first-order valence-electron chi connectivity index (χ1n) is 9.02. The molecule has 6 nitrogen and oxygen atoms in total. The molecule has 1 N–H and O–H groups in total. The maximum absolute atomic E-state index is 12.7. The second-order valence-electron chi connectivity index (χ2n) is 6.90. The molecule has 0 aliphatic carbocycles. The predicted molar refractivity (Wildman–Crippen MR) is 95.4 cm³/mol. The molecular formula is C19H27N3O3. The van der Waals surface area contributed by atoms with Crippen LogP contribution in [0.15, 0.2) is 24.3 Å². The van der Waals surface area contributed by atoms with Crippen molar-refractivity contribution in [2.24, 2.45) is 5.92 Å². The number of rotatable bonds is 5. The van der Waals surface area contributed by atoms with E-state index in [1.54, 1.807) is 7.11 Å². The zero-order valence-electron chi connectivity index (χ0n) is 15.0. The zero-order valence-corrected chi connectivity index (χ0v) is 15.0. The Kier molecular flexibility index (Phi) is 5.58. The summed E-state index contributed by atoms with van der Waals surface area (Å²) in [6.07, 6.45) is 1.14. The van der Waals surface area contributed by atoms with E-state index in [4.69, 9.17) is 4.74 Å². The molecule has 2 heterocycles. The summed E-state index contributed by atoms with van der Waals surface area (Å²) in [6.45, 7) is 5.73. The summed E-state index contributed by atoms with van der Waals surface area (Å²) in [5, 5.41) is 3.09. The lowest BCUT2D eigenvalue weighted by atomic mass is 10.1. The van der Waals surface area contributed by atoms with Gasteiger partial charge < -0.3 is 19.9 Å². The first-order chi connectivity index (χ1) is 12.1. The lowest BCUT2D eigenvalue weighted by molar-refractivity contribution is -0.132. The van der Waals surface area contributed by atoms with E-state index >= 15 is 0 Å². The Morgan fingerprint density at radius 3 is 2.88 bits per heavy atom. The fourth-order valence-corrected chi connectivity index (χ4v) is 3.70. The second-order valence-corrected chi connectivity index (χ2v) is 6.90. The topological polar surface area (TPSA) is 61.9 Å². The molecule has 0 saturated carbocycles. The minimum Gasteiger partial charge on any atom is -0.497 e. The van der Waals surface area contributed by atoms with Crippen LogP contribution >= 0.6 is 0 Å². The van der Waals surface area contributed by atoms with Crippen LogP contribution in [-0.4, -0.2) is 67.5 Å². The van der Waals surface area contributed by atoms with Gasteiger partial charge in [-0.05, 0) is 30.7 Å². The van der Waals surface area contributed by atoms with Crippen molar-refractivity contribution in [1.82, 2.24) is 15.1 Å². The third kappa shape index (κ3) is 4.31. The number of aryl methyl sites for hydroxylation is 1. The molecule has 25 heavy (non-hydrogen) atoms. The van der Waals surface area contributed by atoms with Crippen LogP contribution in [0.2, 0.25) is 0 Å². The van der Waals surface area contributed by atoms with Crippen LogP contribution in [-0.2, 0) is 16.0 Å². The maximum atomic E-state index is 12.7. The van der Waals surface area contributed by atoms with Gasteiger partial charge in [0.15, 0.2) is 0 Å². The number of carbonyl (C=O) groups excluding carboxylic acids is 2. The highest BCUT2D eigenvalue weighted by atomic mass is 16.5. The number of likely N-dealkylation sites (N-methyl/N-ethyl adjacent to an activating group) is 1. The number of nitrogens with one attached hydrogen (secondary N) is 1. The van der Waals surface area contributed by atoms with E-state index in [9.17, 15) is 9.59 Å². The highest BCUT2D eigenvalue weighted by Gasteiger charge is 2.36. The van der Waals surface area contributed by atoms with Gasteiger partial charge in [-0.25, -0.2) is 0 Å². The van der Waals surface area contributed by atoms with E-state index in [2.05, 4.69) is 17.1 Å². The molecule has 1 aromatic rings. The number of ether oxygens (including phenoxy) is 1. The quantitative estimate of drug-likeness (QED) is 0.862. The normalized spacial score (nSPS) is 23.8. The van der Waals surface area contributed by atoms with E-state index < -0.39 is 0 Å². The summed E-state index contributed by atoms with van der Waals surface area (Å²) in [6, 6.07) is 7.85. The SMILES string of the molecule is CCN1C[C@H]2CN(C(=O)CCc3cccc(OC)c3)C[C@@H](C1)C(=O)N2. The van der Waals surface area contributed by atoms with Crippen LogP contribution in [0.25, 0.3) is 0 Å². The molecule has 2 amide bonds. The second kappa shape index (κ2) is 7.87. The van der Waals surface area contributed by atoms with Crippen molar-refractivity contribution in [3.63, 3.8) is 0 Å². The van der Waals surface area contributed by atoms with Crippen molar-refractivity contribution in [2.75, 3.05) is 39.8 Å². The van der Waals surface area contributed by atoms with Gasteiger partial charge in [-0.15, -0.1) is 0 Å². The van der Waals surface area contributed by atoms with Crippen molar-refractivity contribution < 1.29 is 14.3 Å². The minimum atomic E-state index is -0.131. The van der Waals surface area contributed by atoms with Gasteiger partial charge >= 0.3 is 0 Å². The van der Waals surface area contributed by atoms with Gasteiger partial charge in [0.05, 0.1) is 19.1 Å². The van der Waals surface area contributed by atoms with Gasteiger partial charge in [-0.3, -0.25) is 9.59 Å². The van der Waals surface area contributed by atoms with Crippen LogP contribution in [0.4, 0.5) is 0 Å². The van der Waals surface area contributed by atoms with Crippen molar-refractivity contribution in [3.8, 4) is 5.75 Å². The predicted octanol–water partition coefficient (Wildman–Crippen LogP) is 0.907. The lowest BCUT2D eigenvalue weighted by Crippen LogP contribution is -2.49. The van der Waals surface area contributed by atoms with Crippen molar-refractivity contribution in [1.29, 1.82) is 0 Å². The molecule has 0 spiro atoms. The number of benzene rings is 1. The molecular weight excluding hydrogens is 318 g/mol. The maximum Gasteiger partial charge on any atom is 0.226 e. The average Bonchev–Trinajstić information content (AvgIpc) is 2.86. The third-order valence-corrected chi connectivity index (χ3v) is 5.12. The third-order valence-electron chi connectivity index (χ3n) is 5.12. The molecule has 136 valence electrons. The number of hydrogen-bond donors (Lipinski definition) is 1. The summed E-state index contributed by atoms with van der Waals surface area (Å²) in [5.41, 5.74) is 1.09. The minimum absolute atomic E-state index is 0.0284. The van der Waals surface area contributed by atoms with Crippen LogP contribution < -0.4 is 10.1 Å². The molecule has 2 saturated heterocycles. The largest absolute Gasteiger partial charge is 0.497 e.